The molecule has 2 rings (SSSR count). The van der Waals surface area contributed by atoms with Crippen LogP contribution in [0.2, 0.25) is 0 Å². The summed E-state index contributed by atoms with van der Waals surface area (Å²) >= 11 is 0. The highest BCUT2D eigenvalue weighted by atomic mass is 16.6. The molecule has 0 atom stereocenters. The topological polar surface area (TPSA) is 90.1 Å². The van der Waals surface area contributed by atoms with Crippen molar-refractivity contribution in [3.63, 3.8) is 0 Å². The van der Waals surface area contributed by atoms with Crippen LogP contribution in [0, 0.1) is 30.9 Å². The molecule has 23 heavy (non-hydrogen) atoms. The van der Waals surface area contributed by atoms with Crippen LogP contribution in [-0.2, 0) is 11.3 Å². The largest absolute Gasteiger partial charge is 0.390 e. The number of nitrogens with zero attached hydrogens (tertiary/aromatic N) is 3. The van der Waals surface area contributed by atoms with Crippen molar-refractivity contribution in [2.24, 2.45) is 0 Å². The number of rotatable bonds is 6. The first-order valence-electron chi connectivity index (χ1n) is 7.43. The van der Waals surface area contributed by atoms with E-state index in [4.69, 9.17) is 0 Å². The van der Waals surface area contributed by atoms with Crippen LogP contribution in [0.15, 0.2) is 24.3 Å². The molecule has 0 fully saturated rings. The van der Waals surface area contributed by atoms with Gasteiger partial charge in [-0.1, -0.05) is 6.07 Å². The first-order valence-corrected chi connectivity index (χ1v) is 7.43. The fraction of sp³-hybridized carbons (Fsp3) is 0.375. The number of anilines is 1. The molecule has 0 saturated carbocycles. The number of nitrogens with one attached hydrogen (secondary N) is 1. The number of carbonyl (C=O) groups excluding carboxylic acids is 1. The summed E-state index contributed by atoms with van der Waals surface area (Å²) in [4.78, 5) is 22.1. The molecule has 0 aliphatic rings. The second kappa shape index (κ2) is 7.04. The van der Waals surface area contributed by atoms with Crippen LogP contribution in [0.1, 0.15) is 29.7 Å². The van der Waals surface area contributed by atoms with Crippen molar-refractivity contribution in [1.29, 1.82) is 0 Å². The van der Waals surface area contributed by atoms with Gasteiger partial charge < -0.3 is 15.4 Å². The van der Waals surface area contributed by atoms with Gasteiger partial charge in [0.25, 0.3) is 0 Å². The Morgan fingerprint density at radius 3 is 2.61 bits per heavy atom. The lowest BCUT2D eigenvalue weighted by molar-refractivity contribution is -0.389. The quantitative estimate of drug-likeness (QED) is 0.655. The minimum atomic E-state index is -0.518. The van der Waals surface area contributed by atoms with E-state index in [1.807, 2.05) is 32.0 Å². The average Bonchev–Trinajstić information content (AvgIpc) is 2.85. The van der Waals surface area contributed by atoms with E-state index in [1.54, 1.807) is 11.6 Å². The Hall–Kier alpha value is -2.70. The van der Waals surface area contributed by atoms with Crippen LogP contribution in [-0.4, -0.2) is 20.6 Å². The number of amides is 1. The summed E-state index contributed by atoms with van der Waals surface area (Å²) in [6.07, 6.45) is 0.899. The Kier molecular flexibility index (Phi) is 5.10. The molecule has 1 amide bonds. The smallest absolute Gasteiger partial charge is 0.358 e. The SMILES string of the molecule is Cc1ccc(NC(=O)CCCn2nc([N+](=O)[O-])cc2C)cc1C. The molecule has 1 aromatic heterocycles. The molecular formula is C16H20N4O3. The Morgan fingerprint density at radius 2 is 2.00 bits per heavy atom. The number of aromatic nitrogens is 2. The van der Waals surface area contributed by atoms with Gasteiger partial charge in [-0.05, 0) is 55.4 Å². The molecular weight excluding hydrogens is 296 g/mol. The van der Waals surface area contributed by atoms with Crippen LogP contribution >= 0.6 is 0 Å². The monoisotopic (exact) mass is 316 g/mol. The third-order valence-corrected chi connectivity index (χ3v) is 3.72. The Morgan fingerprint density at radius 1 is 1.26 bits per heavy atom. The van der Waals surface area contributed by atoms with Gasteiger partial charge in [-0.25, -0.2) is 0 Å². The number of hydrogen-bond acceptors (Lipinski definition) is 4. The van der Waals surface area contributed by atoms with Gasteiger partial charge in [-0.3, -0.25) is 4.79 Å². The zero-order chi connectivity index (χ0) is 17.0. The van der Waals surface area contributed by atoms with Crippen LogP contribution in [0.5, 0.6) is 0 Å². The van der Waals surface area contributed by atoms with Crippen LogP contribution < -0.4 is 5.32 Å². The molecule has 0 aliphatic heterocycles. The summed E-state index contributed by atoms with van der Waals surface area (Å²) in [5.74, 6) is -0.241. The molecule has 1 N–H and O–H groups in total. The van der Waals surface area contributed by atoms with Gasteiger partial charge in [0.2, 0.25) is 5.91 Å². The number of benzene rings is 1. The molecule has 0 saturated heterocycles. The van der Waals surface area contributed by atoms with Crippen LogP contribution in [0.4, 0.5) is 11.5 Å². The zero-order valence-electron chi connectivity index (χ0n) is 13.5. The van der Waals surface area contributed by atoms with E-state index in [-0.39, 0.29) is 11.7 Å². The molecule has 1 heterocycles. The van der Waals surface area contributed by atoms with E-state index in [9.17, 15) is 14.9 Å². The maximum absolute atomic E-state index is 11.9. The van der Waals surface area contributed by atoms with Gasteiger partial charge in [-0.2, -0.15) is 4.68 Å². The van der Waals surface area contributed by atoms with Crippen LogP contribution in [0.3, 0.4) is 0 Å². The second-order valence-corrected chi connectivity index (χ2v) is 5.57. The predicted octanol–water partition coefficient (Wildman–Crippen LogP) is 3.14. The molecule has 0 radical (unpaired) electrons. The number of carbonyl (C=O) groups is 1. The van der Waals surface area contributed by atoms with Gasteiger partial charge in [-0.15, -0.1) is 0 Å². The summed E-state index contributed by atoms with van der Waals surface area (Å²) in [6, 6.07) is 7.21. The zero-order valence-corrected chi connectivity index (χ0v) is 13.5. The lowest BCUT2D eigenvalue weighted by atomic mass is 10.1. The molecule has 0 bridgehead atoms. The molecule has 2 aromatic rings. The fourth-order valence-electron chi connectivity index (χ4n) is 2.24. The van der Waals surface area contributed by atoms with Gasteiger partial charge in [0.15, 0.2) is 0 Å². The molecule has 122 valence electrons. The lowest BCUT2D eigenvalue weighted by Crippen LogP contribution is -2.13. The maximum atomic E-state index is 11.9. The predicted molar refractivity (Wildman–Crippen MR) is 87.4 cm³/mol. The van der Waals surface area contributed by atoms with Crippen molar-refractivity contribution in [2.45, 2.75) is 40.2 Å². The standard InChI is InChI=1S/C16H20N4O3/c1-11-6-7-14(9-12(11)2)17-16(21)5-4-8-19-13(3)10-15(18-19)20(22)23/h6-7,9-10H,4-5,8H2,1-3H3,(H,17,21). The summed E-state index contributed by atoms with van der Waals surface area (Å²) in [5, 5.41) is 17.4. The van der Waals surface area contributed by atoms with Crippen molar-refractivity contribution in [3.8, 4) is 0 Å². The highest BCUT2D eigenvalue weighted by molar-refractivity contribution is 5.90. The van der Waals surface area contributed by atoms with Gasteiger partial charge in [0, 0.05) is 12.1 Å². The van der Waals surface area contributed by atoms with Crippen LogP contribution in [0.25, 0.3) is 0 Å². The average molecular weight is 316 g/mol. The van der Waals surface area contributed by atoms with Crippen molar-refractivity contribution < 1.29 is 9.72 Å². The Bertz CT molecular complexity index is 737. The van der Waals surface area contributed by atoms with Crippen molar-refractivity contribution in [2.75, 3.05) is 5.32 Å². The van der Waals surface area contributed by atoms with E-state index < -0.39 is 4.92 Å². The first-order chi connectivity index (χ1) is 10.9. The normalized spacial score (nSPS) is 10.6. The summed E-state index contributed by atoms with van der Waals surface area (Å²) in [5.41, 5.74) is 3.80. The number of nitro groups is 1. The second-order valence-electron chi connectivity index (χ2n) is 5.57. The molecule has 0 spiro atoms. The first kappa shape index (κ1) is 16.7. The third kappa shape index (κ3) is 4.38. The van der Waals surface area contributed by atoms with Crippen molar-refractivity contribution >= 4 is 17.4 Å². The van der Waals surface area contributed by atoms with Gasteiger partial charge in [0.1, 0.15) is 0 Å². The van der Waals surface area contributed by atoms with E-state index in [1.165, 1.54) is 11.6 Å². The summed E-state index contributed by atoms with van der Waals surface area (Å²) < 4.78 is 1.56. The van der Waals surface area contributed by atoms with Gasteiger partial charge >= 0.3 is 5.82 Å². The van der Waals surface area contributed by atoms with Gasteiger partial charge in [0.05, 0.1) is 23.4 Å². The lowest BCUT2D eigenvalue weighted by Gasteiger charge is -2.07. The fourth-order valence-corrected chi connectivity index (χ4v) is 2.24. The molecule has 1 aromatic carbocycles. The third-order valence-electron chi connectivity index (χ3n) is 3.72. The minimum Gasteiger partial charge on any atom is -0.358 e. The minimum absolute atomic E-state index is 0.0763. The molecule has 7 nitrogen and oxygen atoms in total. The van der Waals surface area contributed by atoms with E-state index >= 15 is 0 Å². The summed E-state index contributed by atoms with van der Waals surface area (Å²) in [6.45, 7) is 6.25. The Labute approximate surface area is 134 Å². The highest BCUT2D eigenvalue weighted by Crippen LogP contribution is 2.15. The van der Waals surface area contributed by atoms with E-state index in [2.05, 4.69) is 10.4 Å². The number of hydrogen-bond donors (Lipinski definition) is 1. The Balaban J connectivity index is 1.85. The highest BCUT2D eigenvalue weighted by Gasteiger charge is 2.15. The summed E-state index contributed by atoms with van der Waals surface area (Å²) in [7, 11) is 0. The van der Waals surface area contributed by atoms with Crippen molar-refractivity contribution in [1.82, 2.24) is 9.78 Å². The molecule has 0 aliphatic carbocycles. The van der Waals surface area contributed by atoms with E-state index in [0.717, 1.165) is 11.3 Å². The maximum Gasteiger partial charge on any atom is 0.390 e. The van der Waals surface area contributed by atoms with Crippen molar-refractivity contribution in [3.05, 3.63) is 51.2 Å². The van der Waals surface area contributed by atoms with E-state index in [0.29, 0.717) is 25.1 Å². The molecule has 7 heteroatoms. The number of aryl methyl sites for hydroxylation is 4. The molecule has 0 unspecified atom stereocenters.